The highest BCUT2D eigenvalue weighted by molar-refractivity contribution is 6.25. The molecular formula is C22H33NO5. The van der Waals surface area contributed by atoms with Crippen molar-refractivity contribution in [3.63, 3.8) is 0 Å². The number of hydrogen-bond donors (Lipinski definition) is 0. The molecule has 1 aliphatic carbocycles. The number of nitrogens with zero attached hydrogens (tertiary/aromatic N) is 1. The number of carbonyl (C=O) groups is 4. The molecule has 1 amide bonds. The maximum Gasteiger partial charge on any atom is 0.307 e. The van der Waals surface area contributed by atoms with E-state index < -0.39 is 17.0 Å². The van der Waals surface area contributed by atoms with E-state index in [1.54, 1.807) is 62.6 Å². The number of Topliss-reactive ketones (excluding diaryl/α,β-unsaturated/α-hetero) is 2. The summed E-state index contributed by atoms with van der Waals surface area (Å²) < 4.78 is 5.40. The van der Waals surface area contributed by atoms with Crippen LogP contribution >= 0.6 is 0 Å². The Labute approximate surface area is 168 Å². The third-order valence-electron chi connectivity index (χ3n) is 4.78. The molecule has 0 bridgehead atoms. The summed E-state index contributed by atoms with van der Waals surface area (Å²) in [5.74, 6) is -0.996. The summed E-state index contributed by atoms with van der Waals surface area (Å²) in [5.41, 5.74) is -0.0580. The average molecular weight is 392 g/mol. The van der Waals surface area contributed by atoms with Crippen molar-refractivity contribution in [1.29, 1.82) is 0 Å². The number of esters is 1. The van der Waals surface area contributed by atoms with Crippen LogP contribution in [0.25, 0.3) is 0 Å². The second kappa shape index (κ2) is 8.41. The lowest BCUT2D eigenvalue weighted by Crippen LogP contribution is -2.34. The molecule has 0 aromatic carbocycles. The van der Waals surface area contributed by atoms with Crippen LogP contribution in [0.15, 0.2) is 22.3 Å². The summed E-state index contributed by atoms with van der Waals surface area (Å²) in [6.45, 7) is 12.1. The normalized spacial score (nSPS) is 15.9. The van der Waals surface area contributed by atoms with Crippen LogP contribution < -0.4 is 0 Å². The van der Waals surface area contributed by atoms with E-state index in [1.807, 2.05) is 0 Å². The van der Waals surface area contributed by atoms with Gasteiger partial charge in [-0.05, 0) is 41.0 Å². The molecule has 0 aliphatic heterocycles. The van der Waals surface area contributed by atoms with E-state index in [-0.39, 0.29) is 36.7 Å². The third kappa shape index (κ3) is 5.63. The molecule has 0 saturated carbocycles. The van der Waals surface area contributed by atoms with Crippen molar-refractivity contribution in [1.82, 2.24) is 4.90 Å². The van der Waals surface area contributed by atoms with E-state index in [4.69, 9.17) is 4.74 Å². The quantitative estimate of drug-likeness (QED) is 0.512. The van der Waals surface area contributed by atoms with E-state index in [2.05, 4.69) is 0 Å². The Hall–Kier alpha value is -2.24. The van der Waals surface area contributed by atoms with Gasteiger partial charge in [0.1, 0.15) is 5.60 Å². The van der Waals surface area contributed by atoms with Gasteiger partial charge in [-0.3, -0.25) is 19.2 Å². The van der Waals surface area contributed by atoms with E-state index in [0.717, 1.165) is 0 Å². The standard InChI is InChI=1S/C22H33NO5/c1-13-15(10-11-16(24)23(8)9)20(27)18(14(2)19(13)26)22(6,7)12-17(25)28-21(3,4)5/h10-12H2,1-9H3. The molecule has 156 valence electrons. The zero-order valence-electron chi connectivity index (χ0n) is 18.6. The fraction of sp³-hybridized carbons (Fsp3) is 0.636. The van der Waals surface area contributed by atoms with Crippen molar-refractivity contribution in [3.8, 4) is 0 Å². The van der Waals surface area contributed by atoms with Gasteiger partial charge in [-0.15, -0.1) is 0 Å². The van der Waals surface area contributed by atoms with E-state index in [0.29, 0.717) is 22.3 Å². The molecular weight excluding hydrogens is 358 g/mol. The highest BCUT2D eigenvalue weighted by Gasteiger charge is 2.40. The molecule has 0 spiro atoms. The van der Waals surface area contributed by atoms with Crippen molar-refractivity contribution < 1.29 is 23.9 Å². The maximum absolute atomic E-state index is 13.2. The number of hydrogen-bond acceptors (Lipinski definition) is 5. The maximum atomic E-state index is 13.2. The molecule has 0 aromatic rings. The summed E-state index contributed by atoms with van der Waals surface area (Å²) >= 11 is 0. The number of amides is 1. The van der Waals surface area contributed by atoms with Crippen LogP contribution in [0.4, 0.5) is 0 Å². The minimum atomic E-state index is -0.864. The van der Waals surface area contributed by atoms with Crippen molar-refractivity contribution in [2.45, 2.75) is 73.3 Å². The number of ether oxygens (including phenoxy) is 1. The molecule has 6 heteroatoms. The van der Waals surface area contributed by atoms with Gasteiger partial charge in [0.25, 0.3) is 0 Å². The van der Waals surface area contributed by atoms with Crippen LogP contribution in [0.1, 0.15) is 67.7 Å². The number of ketones is 2. The smallest absolute Gasteiger partial charge is 0.307 e. The topological polar surface area (TPSA) is 80.8 Å². The molecule has 6 nitrogen and oxygen atoms in total. The first-order chi connectivity index (χ1) is 12.6. The summed E-state index contributed by atoms with van der Waals surface area (Å²) in [5, 5.41) is 0. The fourth-order valence-corrected chi connectivity index (χ4v) is 3.42. The number of carbonyl (C=O) groups excluding carboxylic acids is 4. The zero-order chi connectivity index (χ0) is 22.0. The van der Waals surface area contributed by atoms with Gasteiger partial charge in [-0.2, -0.15) is 0 Å². The first-order valence-corrected chi connectivity index (χ1v) is 9.51. The summed E-state index contributed by atoms with van der Waals surface area (Å²) in [7, 11) is 3.30. The van der Waals surface area contributed by atoms with Crippen molar-refractivity contribution in [2.75, 3.05) is 14.1 Å². The van der Waals surface area contributed by atoms with Gasteiger partial charge in [0.2, 0.25) is 5.91 Å². The van der Waals surface area contributed by atoms with Crippen LogP contribution in [-0.2, 0) is 23.9 Å². The molecule has 0 heterocycles. The Morgan fingerprint density at radius 1 is 0.929 bits per heavy atom. The summed E-state index contributed by atoms with van der Waals surface area (Å²) in [6.07, 6.45) is 0.336. The predicted molar refractivity (Wildman–Crippen MR) is 108 cm³/mol. The van der Waals surface area contributed by atoms with Crippen LogP contribution in [0.5, 0.6) is 0 Å². The first-order valence-electron chi connectivity index (χ1n) is 9.51. The fourth-order valence-electron chi connectivity index (χ4n) is 3.42. The van der Waals surface area contributed by atoms with Gasteiger partial charge in [0.15, 0.2) is 11.6 Å². The lowest BCUT2D eigenvalue weighted by Gasteiger charge is -2.32. The van der Waals surface area contributed by atoms with E-state index in [9.17, 15) is 19.2 Å². The monoisotopic (exact) mass is 391 g/mol. The van der Waals surface area contributed by atoms with E-state index in [1.165, 1.54) is 4.90 Å². The molecule has 0 N–H and O–H groups in total. The summed E-state index contributed by atoms with van der Waals surface area (Å²) in [4.78, 5) is 51.7. The molecule has 0 atom stereocenters. The van der Waals surface area contributed by atoms with Crippen molar-refractivity contribution in [3.05, 3.63) is 22.3 Å². The molecule has 0 fully saturated rings. The van der Waals surface area contributed by atoms with Crippen LogP contribution in [-0.4, -0.2) is 48.0 Å². The first kappa shape index (κ1) is 23.8. The lowest BCUT2D eigenvalue weighted by molar-refractivity contribution is -0.156. The molecule has 0 unspecified atom stereocenters. The van der Waals surface area contributed by atoms with Crippen LogP contribution in [0, 0.1) is 5.41 Å². The highest BCUT2D eigenvalue weighted by atomic mass is 16.6. The van der Waals surface area contributed by atoms with Gasteiger partial charge in [0, 0.05) is 48.2 Å². The number of allylic oxidation sites excluding steroid dienone is 4. The molecule has 1 rings (SSSR count). The van der Waals surface area contributed by atoms with Gasteiger partial charge in [-0.1, -0.05) is 13.8 Å². The highest BCUT2D eigenvalue weighted by Crippen LogP contribution is 2.40. The Kier molecular flexibility index (Phi) is 7.15. The molecule has 0 aromatic heterocycles. The van der Waals surface area contributed by atoms with E-state index >= 15 is 0 Å². The van der Waals surface area contributed by atoms with Gasteiger partial charge in [-0.25, -0.2) is 0 Å². The summed E-state index contributed by atoms with van der Waals surface area (Å²) in [6, 6.07) is 0. The molecule has 0 saturated heterocycles. The third-order valence-corrected chi connectivity index (χ3v) is 4.78. The van der Waals surface area contributed by atoms with Gasteiger partial charge in [0.05, 0.1) is 6.42 Å². The molecule has 28 heavy (non-hydrogen) atoms. The van der Waals surface area contributed by atoms with Crippen LogP contribution in [0.2, 0.25) is 0 Å². The van der Waals surface area contributed by atoms with Gasteiger partial charge >= 0.3 is 5.97 Å². The van der Waals surface area contributed by atoms with Crippen LogP contribution in [0.3, 0.4) is 0 Å². The van der Waals surface area contributed by atoms with Crippen molar-refractivity contribution in [2.24, 2.45) is 5.41 Å². The minimum absolute atomic E-state index is 0.0150. The largest absolute Gasteiger partial charge is 0.460 e. The Balaban J connectivity index is 3.17. The Bertz CT molecular complexity index is 760. The Morgan fingerprint density at radius 2 is 1.46 bits per heavy atom. The second-order valence-corrected chi connectivity index (χ2v) is 9.20. The minimum Gasteiger partial charge on any atom is -0.460 e. The molecule has 1 aliphatic rings. The van der Waals surface area contributed by atoms with Gasteiger partial charge < -0.3 is 9.64 Å². The molecule has 0 radical (unpaired) electrons. The Morgan fingerprint density at radius 3 is 1.93 bits per heavy atom. The zero-order valence-corrected chi connectivity index (χ0v) is 18.6. The second-order valence-electron chi connectivity index (χ2n) is 9.20. The SMILES string of the molecule is CC1=C(CCC(=O)N(C)C)C(=O)C(C(C)(C)CC(=O)OC(C)(C)C)=C(C)C1=O. The number of rotatable bonds is 6. The average Bonchev–Trinajstić information content (AvgIpc) is 2.49. The lowest BCUT2D eigenvalue weighted by atomic mass is 9.70. The predicted octanol–water partition coefficient (Wildman–Crippen LogP) is 3.40. The van der Waals surface area contributed by atoms with Crippen molar-refractivity contribution >= 4 is 23.4 Å².